The van der Waals surface area contributed by atoms with Gasteiger partial charge in [0.15, 0.2) is 0 Å². The van der Waals surface area contributed by atoms with Crippen LogP contribution in [0.3, 0.4) is 0 Å². The van der Waals surface area contributed by atoms with Gasteiger partial charge < -0.3 is 19.7 Å². The third-order valence-electron chi connectivity index (χ3n) is 2.97. The molecule has 0 aromatic heterocycles. The summed E-state index contributed by atoms with van der Waals surface area (Å²) in [6, 6.07) is 7.15. The predicted molar refractivity (Wildman–Crippen MR) is 70.9 cm³/mol. The van der Waals surface area contributed by atoms with Crippen LogP contribution < -0.4 is 4.74 Å². The first-order chi connectivity index (χ1) is 10.4. The van der Waals surface area contributed by atoms with E-state index in [0.29, 0.717) is 0 Å². The maximum Gasteiger partial charge on any atom is 0.346 e. The van der Waals surface area contributed by atoms with Crippen LogP contribution in [-0.4, -0.2) is 28.1 Å². The number of hydrogen-bond donors (Lipinski definition) is 2. The van der Waals surface area contributed by atoms with Gasteiger partial charge in [0.2, 0.25) is 0 Å². The van der Waals surface area contributed by atoms with Crippen molar-refractivity contribution >= 4 is 17.9 Å². The molecular weight excluding hydrogens is 292 g/mol. The molecule has 0 radical (unpaired) electrons. The molecule has 22 heavy (non-hydrogen) atoms. The van der Waals surface area contributed by atoms with E-state index in [2.05, 4.69) is 4.74 Å². The van der Waals surface area contributed by atoms with E-state index < -0.39 is 17.9 Å². The van der Waals surface area contributed by atoms with Crippen molar-refractivity contribution in [3.8, 4) is 17.2 Å². The fraction of sp³-hybridized carbons (Fsp3) is 0. The molecule has 0 saturated heterocycles. The molecule has 3 rings (SSSR count). The molecule has 0 unspecified atom stereocenters. The Balaban J connectivity index is 1.89. The van der Waals surface area contributed by atoms with Crippen LogP contribution in [0.25, 0.3) is 0 Å². The van der Waals surface area contributed by atoms with E-state index in [1.54, 1.807) is 0 Å². The number of benzene rings is 2. The number of esters is 3. The minimum Gasteiger partial charge on any atom is -0.508 e. The molecule has 7 heteroatoms. The number of aromatic hydroxyl groups is 2. The summed E-state index contributed by atoms with van der Waals surface area (Å²) in [5.41, 5.74) is 0.0861. The van der Waals surface area contributed by atoms with Gasteiger partial charge in [-0.25, -0.2) is 14.4 Å². The second-order valence-corrected chi connectivity index (χ2v) is 4.51. The Morgan fingerprint density at radius 3 is 2.23 bits per heavy atom. The molecule has 2 aromatic rings. The molecule has 1 aliphatic rings. The van der Waals surface area contributed by atoms with Gasteiger partial charge >= 0.3 is 17.9 Å². The molecule has 0 spiro atoms. The lowest BCUT2D eigenvalue weighted by molar-refractivity contribution is 0.0443. The molecule has 0 fully saturated rings. The van der Waals surface area contributed by atoms with E-state index in [-0.39, 0.29) is 33.9 Å². The topological polar surface area (TPSA) is 110 Å². The van der Waals surface area contributed by atoms with Gasteiger partial charge in [-0.2, -0.15) is 0 Å². The van der Waals surface area contributed by atoms with Crippen molar-refractivity contribution in [2.45, 2.75) is 0 Å². The second kappa shape index (κ2) is 4.88. The average molecular weight is 300 g/mol. The Labute approximate surface area is 123 Å². The van der Waals surface area contributed by atoms with E-state index in [1.165, 1.54) is 18.2 Å². The summed E-state index contributed by atoms with van der Waals surface area (Å²) in [6.45, 7) is 0. The minimum atomic E-state index is -0.829. The largest absolute Gasteiger partial charge is 0.508 e. The molecule has 110 valence electrons. The number of carbonyl (C=O) groups excluding carboxylic acids is 3. The summed E-state index contributed by atoms with van der Waals surface area (Å²) in [6.07, 6.45) is 0. The van der Waals surface area contributed by atoms with Crippen LogP contribution in [0.15, 0.2) is 36.4 Å². The fourth-order valence-electron chi connectivity index (χ4n) is 2.01. The lowest BCUT2D eigenvalue weighted by Crippen LogP contribution is -2.09. The van der Waals surface area contributed by atoms with E-state index in [4.69, 9.17) is 4.74 Å². The average Bonchev–Trinajstić information content (AvgIpc) is 2.72. The number of carbonyl (C=O) groups is 3. The maximum absolute atomic E-state index is 12.0. The van der Waals surface area contributed by atoms with Crippen molar-refractivity contribution in [2.75, 3.05) is 0 Å². The van der Waals surface area contributed by atoms with E-state index in [1.807, 2.05) is 0 Å². The zero-order chi connectivity index (χ0) is 15.9. The Morgan fingerprint density at radius 1 is 0.909 bits per heavy atom. The van der Waals surface area contributed by atoms with Gasteiger partial charge in [-0.15, -0.1) is 0 Å². The normalized spacial score (nSPS) is 12.7. The van der Waals surface area contributed by atoms with Gasteiger partial charge in [-0.1, -0.05) is 0 Å². The highest BCUT2D eigenvalue weighted by Gasteiger charge is 2.30. The van der Waals surface area contributed by atoms with Gasteiger partial charge in [0.25, 0.3) is 0 Å². The SMILES string of the molecule is O=C(Oc1cc(O)cc(O)c1)c1ccc2c(c1)C(=O)OC2=O. The molecule has 1 heterocycles. The third kappa shape index (κ3) is 2.35. The Bertz CT molecular complexity index is 802. The molecule has 0 bridgehead atoms. The van der Waals surface area contributed by atoms with Crippen molar-refractivity contribution < 1.29 is 34.1 Å². The Morgan fingerprint density at radius 2 is 1.55 bits per heavy atom. The summed E-state index contributed by atoms with van der Waals surface area (Å²) < 4.78 is 9.41. The first-order valence-corrected chi connectivity index (χ1v) is 6.10. The van der Waals surface area contributed by atoms with E-state index >= 15 is 0 Å². The van der Waals surface area contributed by atoms with Crippen LogP contribution in [0.5, 0.6) is 17.2 Å². The van der Waals surface area contributed by atoms with Crippen molar-refractivity contribution in [1.82, 2.24) is 0 Å². The summed E-state index contributed by atoms with van der Waals surface area (Å²) in [7, 11) is 0. The van der Waals surface area contributed by atoms with Gasteiger partial charge in [-0.3, -0.25) is 0 Å². The van der Waals surface area contributed by atoms with E-state index in [9.17, 15) is 24.6 Å². The van der Waals surface area contributed by atoms with Crippen LogP contribution in [0, 0.1) is 0 Å². The van der Waals surface area contributed by atoms with Crippen LogP contribution in [0.2, 0.25) is 0 Å². The smallest absolute Gasteiger partial charge is 0.346 e. The first-order valence-electron chi connectivity index (χ1n) is 6.10. The molecule has 1 aliphatic heterocycles. The molecule has 0 atom stereocenters. The van der Waals surface area contributed by atoms with Crippen LogP contribution in [-0.2, 0) is 4.74 Å². The minimum absolute atomic E-state index is 0.0155. The lowest BCUT2D eigenvalue weighted by atomic mass is 10.1. The molecule has 2 N–H and O–H groups in total. The Hall–Kier alpha value is -3.35. The summed E-state index contributed by atoms with van der Waals surface area (Å²) in [4.78, 5) is 34.7. The number of phenols is 2. The summed E-state index contributed by atoms with van der Waals surface area (Å²) in [5.74, 6) is -3.03. The predicted octanol–water partition coefficient (Wildman–Crippen LogP) is 1.63. The standard InChI is InChI=1S/C15H8O7/c16-8-4-9(17)6-10(5-8)21-13(18)7-1-2-11-12(3-7)15(20)22-14(11)19/h1-6,16-17H. The summed E-state index contributed by atoms with van der Waals surface area (Å²) in [5, 5.41) is 18.6. The number of phenolic OH excluding ortho intramolecular Hbond substituents is 2. The number of rotatable bonds is 2. The third-order valence-corrected chi connectivity index (χ3v) is 2.97. The molecule has 0 aliphatic carbocycles. The van der Waals surface area contributed by atoms with E-state index in [0.717, 1.165) is 18.2 Å². The van der Waals surface area contributed by atoms with Crippen molar-refractivity contribution in [1.29, 1.82) is 0 Å². The zero-order valence-electron chi connectivity index (χ0n) is 10.9. The number of ether oxygens (including phenoxy) is 2. The zero-order valence-corrected chi connectivity index (χ0v) is 10.9. The number of fused-ring (bicyclic) bond motifs is 1. The van der Waals surface area contributed by atoms with Gasteiger partial charge in [0, 0.05) is 18.2 Å². The molecule has 7 nitrogen and oxygen atoms in total. The summed E-state index contributed by atoms with van der Waals surface area (Å²) >= 11 is 0. The van der Waals surface area contributed by atoms with Crippen LogP contribution >= 0.6 is 0 Å². The number of hydrogen-bond acceptors (Lipinski definition) is 7. The monoisotopic (exact) mass is 300 g/mol. The van der Waals surface area contributed by atoms with Gasteiger partial charge in [0.05, 0.1) is 16.7 Å². The van der Waals surface area contributed by atoms with Crippen LogP contribution in [0.1, 0.15) is 31.1 Å². The first kappa shape index (κ1) is 13.6. The molecule has 0 amide bonds. The lowest BCUT2D eigenvalue weighted by Gasteiger charge is -2.06. The highest BCUT2D eigenvalue weighted by Crippen LogP contribution is 2.27. The second-order valence-electron chi connectivity index (χ2n) is 4.51. The van der Waals surface area contributed by atoms with Crippen molar-refractivity contribution in [3.05, 3.63) is 53.1 Å². The highest BCUT2D eigenvalue weighted by molar-refractivity contribution is 6.15. The van der Waals surface area contributed by atoms with Gasteiger partial charge in [-0.05, 0) is 18.2 Å². The maximum atomic E-state index is 12.0. The Kier molecular flexibility index (Phi) is 3.03. The van der Waals surface area contributed by atoms with Crippen LogP contribution in [0.4, 0.5) is 0 Å². The quantitative estimate of drug-likeness (QED) is 0.492. The highest BCUT2D eigenvalue weighted by atomic mass is 16.6. The molecule has 2 aromatic carbocycles. The van der Waals surface area contributed by atoms with Gasteiger partial charge in [0.1, 0.15) is 17.2 Å². The van der Waals surface area contributed by atoms with Crippen molar-refractivity contribution in [3.63, 3.8) is 0 Å². The molecule has 0 saturated carbocycles. The fourth-order valence-corrected chi connectivity index (χ4v) is 2.01. The molecular formula is C15H8O7. The van der Waals surface area contributed by atoms with Crippen molar-refractivity contribution in [2.24, 2.45) is 0 Å². The number of cyclic esters (lactones) is 2.